The van der Waals surface area contributed by atoms with Crippen molar-refractivity contribution in [2.45, 2.75) is 25.4 Å². The molecule has 2 amide bonds. The second kappa shape index (κ2) is 15.6. The number of fused-ring (bicyclic) bond motifs is 1. The van der Waals surface area contributed by atoms with Crippen LogP contribution in [0.2, 0.25) is 0 Å². The van der Waals surface area contributed by atoms with E-state index in [0.717, 1.165) is 28.1 Å². The number of para-hydroxylation sites is 1. The minimum absolute atomic E-state index is 0.0617. The number of ether oxygens (including phenoxy) is 1. The lowest BCUT2D eigenvalue weighted by atomic mass is 9.68. The van der Waals surface area contributed by atoms with Crippen LogP contribution in [0.4, 0.5) is 17.1 Å². The SMILES string of the molecule is COc1cc(/C=C(/CC[C@@H](O)C2=C(CO)C[C@H]3C(=O)N(c4ccc(Nc5ccccc5)cc4)C(=O)[C@H]3[C@H]2CO)c2ccccc2)cc(I)c1O. The molecule has 1 fully saturated rings. The van der Waals surface area contributed by atoms with Crippen molar-refractivity contribution in [2.24, 2.45) is 17.8 Å². The molecule has 1 saturated heterocycles. The van der Waals surface area contributed by atoms with Crippen molar-refractivity contribution >= 4 is 63.1 Å². The smallest absolute Gasteiger partial charge is 0.238 e. The van der Waals surface area contributed by atoms with Crippen LogP contribution in [-0.2, 0) is 9.59 Å². The number of carbonyl (C=O) groups excluding carboxylic acids is 2. The van der Waals surface area contributed by atoms with Crippen molar-refractivity contribution in [3.05, 3.63) is 123 Å². The van der Waals surface area contributed by atoms with Gasteiger partial charge in [-0.3, -0.25) is 14.5 Å². The first-order valence-electron chi connectivity index (χ1n) is 16.5. The highest BCUT2D eigenvalue weighted by atomic mass is 127. The minimum Gasteiger partial charge on any atom is -0.504 e. The van der Waals surface area contributed by atoms with Gasteiger partial charge in [0.2, 0.25) is 11.8 Å². The summed E-state index contributed by atoms with van der Waals surface area (Å²) in [6.45, 7) is -0.864. The number of nitrogens with zero attached hydrogens (tertiary/aromatic N) is 1. The Morgan fingerprint density at radius 1 is 0.960 bits per heavy atom. The molecule has 6 rings (SSSR count). The normalized spacial score (nSPS) is 19.8. The number of carbonyl (C=O) groups is 2. The Labute approximate surface area is 304 Å². The molecule has 9 nitrogen and oxygen atoms in total. The second-order valence-corrected chi connectivity index (χ2v) is 13.7. The molecule has 4 aromatic rings. The Morgan fingerprint density at radius 2 is 1.62 bits per heavy atom. The van der Waals surface area contributed by atoms with Crippen LogP contribution in [0.15, 0.2) is 108 Å². The number of nitrogens with one attached hydrogen (secondary N) is 1. The van der Waals surface area contributed by atoms with E-state index in [4.69, 9.17) is 4.74 Å². The monoisotopic (exact) mass is 786 g/mol. The number of halogens is 1. The molecule has 0 saturated carbocycles. The van der Waals surface area contributed by atoms with Crippen LogP contribution in [0, 0.1) is 21.3 Å². The molecule has 2 aliphatic rings. The second-order valence-electron chi connectivity index (χ2n) is 12.5. The maximum atomic E-state index is 14.0. The van der Waals surface area contributed by atoms with E-state index in [2.05, 4.69) is 5.32 Å². The van der Waals surface area contributed by atoms with E-state index in [0.29, 0.717) is 32.6 Å². The fraction of sp³-hybridized carbons (Fsp3) is 0.250. The third-order valence-corrected chi connectivity index (χ3v) is 10.4. The summed E-state index contributed by atoms with van der Waals surface area (Å²) in [4.78, 5) is 28.9. The fourth-order valence-corrected chi connectivity index (χ4v) is 7.80. The standard InChI is InChI=1S/C40H39IN2O7/c1-50-35-20-24(19-33(41)38(35)47)18-26(25-8-4-2-5-9-25)12-17-34(46)36-27(22-44)21-31-37(32(36)23-45)40(49)43(39(31)48)30-15-13-29(14-16-30)42-28-10-6-3-7-11-28/h2-11,13-16,18-20,31-32,34,37,42,44-47H,12,17,21-23H2,1H3/b26-18-/t31-,32+,34-,37-/m1/s1. The first kappa shape index (κ1) is 35.3. The van der Waals surface area contributed by atoms with Gasteiger partial charge in [0.15, 0.2) is 11.5 Å². The Bertz CT molecular complexity index is 1910. The molecule has 0 unspecified atom stereocenters. The van der Waals surface area contributed by atoms with Crippen molar-refractivity contribution in [1.82, 2.24) is 0 Å². The molecule has 4 aromatic carbocycles. The number of aromatic hydroxyl groups is 1. The third kappa shape index (κ3) is 7.20. The number of benzene rings is 4. The summed E-state index contributed by atoms with van der Waals surface area (Å²) in [7, 11) is 1.49. The number of methoxy groups -OCH3 is 1. The molecule has 0 aromatic heterocycles. The highest BCUT2D eigenvalue weighted by Crippen LogP contribution is 2.47. The molecule has 1 aliphatic carbocycles. The van der Waals surface area contributed by atoms with Gasteiger partial charge < -0.3 is 30.5 Å². The molecule has 5 N–H and O–H groups in total. The number of phenols is 1. The quantitative estimate of drug-likeness (QED) is 0.0473. The van der Waals surface area contributed by atoms with Crippen LogP contribution in [0.25, 0.3) is 11.6 Å². The summed E-state index contributed by atoms with van der Waals surface area (Å²) in [5, 5.41) is 46.5. The van der Waals surface area contributed by atoms with Gasteiger partial charge in [-0.1, -0.05) is 54.6 Å². The average molecular weight is 787 g/mol. The van der Waals surface area contributed by atoms with Gasteiger partial charge in [0.25, 0.3) is 0 Å². The number of rotatable bonds is 12. The maximum Gasteiger partial charge on any atom is 0.238 e. The summed E-state index contributed by atoms with van der Waals surface area (Å²) in [5.41, 5.74) is 5.69. The highest BCUT2D eigenvalue weighted by Gasteiger charge is 2.55. The summed E-state index contributed by atoms with van der Waals surface area (Å²) in [6, 6.07) is 30.0. The lowest BCUT2D eigenvalue weighted by Gasteiger charge is -2.36. The third-order valence-electron chi connectivity index (χ3n) is 9.56. The predicted molar refractivity (Wildman–Crippen MR) is 202 cm³/mol. The average Bonchev–Trinajstić information content (AvgIpc) is 3.39. The summed E-state index contributed by atoms with van der Waals surface area (Å²) < 4.78 is 5.99. The van der Waals surface area contributed by atoms with E-state index in [1.54, 1.807) is 30.3 Å². The van der Waals surface area contributed by atoms with Gasteiger partial charge in [0.1, 0.15) is 0 Å². The molecule has 1 aliphatic heterocycles. The van der Waals surface area contributed by atoms with Gasteiger partial charge in [-0.15, -0.1) is 0 Å². The molecular weight excluding hydrogens is 747 g/mol. The number of hydrogen-bond acceptors (Lipinski definition) is 8. The maximum absolute atomic E-state index is 14.0. The number of hydrogen-bond donors (Lipinski definition) is 5. The Hall–Kier alpha value is -4.49. The number of aliphatic hydroxyl groups is 3. The van der Waals surface area contributed by atoms with Crippen LogP contribution < -0.4 is 15.0 Å². The van der Waals surface area contributed by atoms with Crippen molar-refractivity contribution < 1.29 is 34.8 Å². The lowest BCUT2D eigenvalue weighted by molar-refractivity contribution is -0.123. The van der Waals surface area contributed by atoms with Crippen molar-refractivity contribution in [1.29, 1.82) is 0 Å². The first-order valence-corrected chi connectivity index (χ1v) is 17.6. The Balaban J connectivity index is 1.24. The zero-order valence-corrected chi connectivity index (χ0v) is 29.7. The van der Waals surface area contributed by atoms with Gasteiger partial charge in [-0.05, 0) is 118 Å². The largest absolute Gasteiger partial charge is 0.504 e. The van der Waals surface area contributed by atoms with Crippen molar-refractivity contribution in [2.75, 3.05) is 30.5 Å². The topological polar surface area (TPSA) is 140 Å². The lowest BCUT2D eigenvalue weighted by Crippen LogP contribution is -2.39. The summed E-state index contributed by atoms with van der Waals surface area (Å²) in [6.07, 6.45) is 1.66. The fourth-order valence-electron chi connectivity index (χ4n) is 7.18. The van der Waals surface area contributed by atoms with E-state index >= 15 is 0 Å². The van der Waals surface area contributed by atoms with E-state index in [-0.39, 0.29) is 24.5 Å². The van der Waals surface area contributed by atoms with Gasteiger partial charge >= 0.3 is 0 Å². The predicted octanol–water partition coefficient (Wildman–Crippen LogP) is 6.54. The van der Waals surface area contributed by atoms with Crippen molar-refractivity contribution in [3.8, 4) is 11.5 Å². The zero-order chi connectivity index (χ0) is 35.4. The van der Waals surface area contributed by atoms with E-state index in [9.17, 15) is 30.0 Å². The van der Waals surface area contributed by atoms with Crippen LogP contribution >= 0.6 is 22.6 Å². The first-order chi connectivity index (χ1) is 24.2. The molecular formula is C40H39IN2O7. The van der Waals surface area contributed by atoms with E-state index < -0.39 is 43.0 Å². The molecule has 50 heavy (non-hydrogen) atoms. The number of imide groups is 1. The van der Waals surface area contributed by atoms with E-state index in [1.165, 1.54) is 12.0 Å². The molecule has 4 atom stereocenters. The summed E-state index contributed by atoms with van der Waals surface area (Å²) in [5.74, 6) is -2.86. The number of amides is 2. The molecule has 1 heterocycles. The molecule has 0 radical (unpaired) electrons. The van der Waals surface area contributed by atoms with Crippen LogP contribution in [0.1, 0.15) is 30.4 Å². The zero-order valence-electron chi connectivity index (χ0n) is 27.5. The van der Waals surface area contributed by atoms with Gasteiger partial charge in [-0.2, -0.15) is 0 Å². The van der Waals surface area contributed by atoms with E-state index in [1.807, 2.05) is 95.4 Å². The Kier molecular flexibility index (Phi) is 11.0. The van der Waals surface area contributed by atoms with Crippen LogP contribution in [-0.4, -0.2) is 58.7 Å². The highest BCUT2D eigenvalue weighted by molar-refractivity contribution is 14.1. The minimum atomic E-state index is -1.09. The van der Waals surface area contributed by atoms with Crippen molar-refractivity contribution in [3.63, 3.8) is 0 Å². The van der Waals surface area contributed by atoms with Gasteiger partial charge in [0.05, 0.1) is 47.5 Å². The van der Waals surface area contributed by atoms with Crippen LogP contribution in [0.5, 0.6) is 11.5 Å². The summed E-state index contributed by atoms with van der Waals surface area (Å²) >= 11 is 2.05. The molecule has 0 spiro atoms. The number of phenolic OH excluding ortho intramolecular Hbond substituents is 1. The molecule has 10 heteroatoms. The Morgan fingerprint density at radius 3 is 2.26 bits per heavy atom. The van der Waals surface area contributed by atoms with Gasteiger partial charge in [0, 0.05) is 17.3 Å². The van der Waals surface area contributed by atoms with Gasteiger partial charge in [-0.25, -0.2) is 0 Å². The van der Waals surface area contributed by atoms with Crippen LogP contribution in [0.3, 0.4) is 0 Å². The number of aliphatic hydroxyl groups excluding tert-OH is 3. The number of anilines is 3. The molecule has 0 bridgehead atoms. The molecule has 258 valence electrons. The number of allylic oxidation sites excluding steroid dienone is 1.